The van der Waals surface area contributed by atoms with Gasteiger partial charge in [0.25, 0.3) is 5.91 Å². The van der Waals surface area contributed by atoms with Crippen LogP contribution in [-0.2, 0) is 11.8 Å². The number of nitrogen functional groups attached to an aromatic ring is 1. The lowest BCUT2D eigenvalue weighted by atomic mass is 10.3. The molecule has 1 saturated carbocycles. The third kappa shape index (κ3) is 3.03. The van der Waals surface area contributed by atoms with Crippen molar-refractivity contribution in [2.24, 2.45) is 13.0 Å². The Kier molecular flexibility index (Phi) is 3.55. The molecule has 1 aliphatic carbocycles. The minimum absolute atomic E-state index is 0.0901. The van der Waals surface area contributed by atoms with Crippen molar-refractivity contribution in [3.05, 3.63) is 18.0 Å². The molecular formula is C12H18N4O2. The lowest BCUT2D eigenvalue weighted by molar-refractivity contribution is -0.122. The molecule has 0 bridgehead atoms. The lowest BCUT2D eigenvalue weighted by Crippen LogP contribution is -2.35. The molecule has 2 rings (SSSR count). The van der Waals surface area contributed by atoms with Crippen molar-refractivity contribution in [1.29, 1.82) is 0 Å². The summed E-state index contributed by atoms with van der Waals surface area (Å²) in [6.07, 6.45) is 3.66. The summed E-state index contributed by atoms with van der Waals surface area (Å²) in [5.74, 6) is 0.107. The fraction of sp³-hybridized carbons (Fsp3) is 0.500. The number of anilines is 1. The summed E-state index contributed by atoms with van der Waals surface area (Å²) < 4.78 is 1.67. The van der Waals surface area contributed by atoms with E-state index in [4.69, 9.17) is 5.73 Å². The monoisotopic (exact) mass is 250 g/mol. The molecule has 0 radical (unpaired) electrons. The van der Waals surface area contributed by atoms with Gasteiger partial charge in [-0.3, -0.25) is 9.59 Å². The van der Waals surface area contributed by atoms with Gasteiger partial charge in [0.1, 0.15) is 5.69 Å². The van der Waals surface area contributed by atoms with Crippen LogP contribution in [0.2, 0.25) is 0 Å². The Morgan fingerprint density at radius 2 is 2.06 bits per heavy atom. The molecule has 0 aliphatic heterocycles. The van der Waals surface area contributed by atoms with Gasteiger partial charge >= 0.3 is 0 Å². The molecular weight excluding hydrogens is 232 g/mol. The van der Waals surface area contributed by atoms with Crippen LogP contribution in [0.5, 0.6) is 0 Å². The van der Waals surface area contributed by atoms with Crippen molar-refractivity contribution in [3.8, 4) is 0 Å². The Bertz CT molecular complexity index is 463. The van der Waals surface area contributed by atoms with Crippen LogP contribution in [-0.4, -0.2) is 29.5 Å². The molecule has 0 aromatic carbocycles. The molecule has 0 unspecified atom stereocenters. The predicted octanol–water partition coefficient (Wildman–Crippen LogP) is -0.137. The molecule has 1 aromatic rings. The summed E-state index contributed by atoms with van der Waals surface area (Å²) in [6, 6.07) is 1.62. The molecule has 1 fully saturated rings. The highest BCUT2D eigenvalue weighted by atomic mass is 16.2. The first-order chi connectivity index (χ1) is 8.58. The molecule has 1 aromatic heterocycles. The summed E-state index contributed by atoms with van der Waals surface area (Å²) >= 11 is 0. The van der Waals surface area contributed by atoms with Gasteiger partial charge in [-0.25, -0.2) is 0 Å². The highest BCUT2D eigenvalue weighted by Gasteiger charge is 2.28. The minimum Gasteiger partial charge on any atom is -0.397 e. The zero-order valence-corrected chi connectivity index (χ0v) is 10.4. The van der Waals surface area contributed by atoms with Crippen LogP contribution in [0.3, 0.4) is 0 Å². The summed E-state index contributed by atoms with van der Waals surface area (Å²) in [5, 5.41) is 5.52. The van der Waals surface area contributed by atoms with Crippen LogP contribution in [0.25, 0.3) is 0 Å². The van der Waals surface area contributed by atoms with Crippen LogP contribution < -0.4 is 16.4 Å². The SMILES string of the molecule is Cn1cc(N)cc1C(=O)NCCNC(=O)C1CC1. The predicted molar refractivity (Wildman–Crippen MR) is 67.9 cm³/mol. The second kappa shape index (κ2) is 5.12. The topological polar surface area (TPSA) is 89.2 Å². The first-order valence-corrected chi connectivity index (χ1v) is 6.05. The zero-order valence-electron chi connectivity index (χ0n) is 10.4. The van der Waals surface area contributed by atoms with Gasteiger partial charge in [0.2, 0.25) is 5.91 Å². The van der Waals surface area contributed by atoms with E-state index in [1.54, 1.807) is 23.9 Å². The number of nitrogens with one attached hydrogen (secondary N) is 2. The molecule has 6 nitrogen and oxygen atoms in total. The fourth-order valence-corrected chi connectivity index (χ4v) is 1.76. The minimum atomic E-state index is -0.185. The quantitative estimate of drug-likeness (QED) is 0.636. The third-order valence-corrected chi connectivity index (χ3v) is 2.92. The molecule has 1 aliphatic rings. The van der Waals surface area contributed by atoms with Gasteiger partial charge in [0.15, 0.2) is 0 Å². The van der Waals surface area contributed by atoms with Crippen molar-refractivity contribution < 1.29 is 9.59 Å². The number of rotatable bonds is 5. The van der Waals surface area contributed by atoms with E-state index in [1.165, 1.54) is 0 Å². The zero-order chi connectivity index (χ0) is 13.1. The van der Waals surface area contributed by atoms with Crippen molar-refractivity contribution in [2.75, 3.05) is 18.8 Å². The lowest BCUT2D eigenvalue weighted by Gasteiger charge is -2.07. The van der Waals surface area contributed by atoms with E-state index in [-0.39, 0.29) is 17.7 Å². The molecule has 0 spiro atoms. The van der Waals surface area contributed by atoms with Gasteiger partial charge in [-0.1, -0.05) is 0 Å². The number of nitrogens with zero attached hydrogens (tertiary/aromatic N) is 1. The average Bonchev–Trinajstić information content (AvgIpc) is 3.10. The van der Waals surface area contributed by atoms with Gasteiger partial charge in [-0.05, 0) is 18.9 Å². The van der Waals surface area contributed by atoms with E-state index in [9.17, 15) is 9.59 Å². The highest BCUT2D eigenvalue weighted by Crippen LogP contribution is 2.28. The van der Waals surface area contributed by atoms with Crippen LogP contribution in [0.4, 0.5) is 5.69 Å². The summed E-state index contributed by atoms with van der Waals surface area (Å²) in [4.78, 5) is 23.1. The molecule has 4 N–H and O–H groups in total. The Hall–Kier alpha value is -1.98. The van der Waals surface area contributed by atoms with Crippen molar-refractivity contribution in [1.82, 2.24) is 15.2 Å². The Morgan fingerprint density at radius 3 is 2.61 bits per heavy atom. The molecule has 0 saturated heterocycles. The number of amides is 2. The third-order valence-electron chi connectivity index (χ3n) is 2.92. The van der Waals surface area contributed by atoms with Crippen LogP contribution in [0.15, 0.2) is 12.3 Å². The smallest absolute Gasteiger partial charge is 0.268 e. The van der Waals surface area contributed by atoms with Crippen molar-refractivity contribution in [3.63, 3.8) is 0 Å². The normalized spacial score (nSPS) is 14.3. The van der Waals surface area contributed by atoms with Gasteiger partial charge in [-0.15, -0.1) is 0 Å². The van der Waals surface area contributed by atoms with Crippen LogP contribution in [0.1, 0.15) is 23.3 Å². The summed E-state index contributed by atoms with van der Waals surface area (Å²) in [5.41, 5.74) is 6.67. The molecule has 0 atom stereocenters. The van der Waals surface area contributed by atoms with E-state index in [1.807, 2.05) is 0 Å². The Labute approximate surface area is 106 Å². The van der Waals surface area contributed by atoms with Crippen molar-refractivity contribution >= 4 is 17.5 Å². The van der Waals surface area contributed by atoms with E-state index in [0.29, 0.717) is 24.5 Å². The van der Waals surface area contributed by atoms with Crippen LogP contribution in [0, 0.1) is 5.92 Å². The van der Waals surface area contributed by atoms with E-state index < -0.39 is 0 Å². The number of carbonyl (C=O) groups excluding carboxylic acids is 2. The van der Waals surface area contributed by atoms with Crippen molar-refractivity contribution in [2.45, 2.75) is 12.8 Å². The average molecular weight is 250 g/mol. The molecule has 18 heavy (non-hydrogen) atoms. The number of aryl methyl sites for hydroxylation is 1. The summed E-state index contributed by atoms with van der Waals surface area (Å²) in [7, 11) is 1.76. The van der Waals surface area contributed by atoms with Gasteiger partial charge in [0, 0.05) is 32.3 Å². The van der Waals surface area contributed by atoms with Gasteiger partial charge in [-0.2, -0.15) is 0 Å². The Morgan fingerprint density at radius 1 is 1.39 bits per heavy atom. The highest BCUT2D eigenvalue weighted by molar-refractivity contribution is 5.93. The maximum Gasteiger partial charge on any atom is 0.268 e. The van der Waals surface area contributed by atoms with E-state index >= 15 is 0 Å². The number of hydrogen-bond donors (Lipinski definition) is 3. The first-order valence-electron chi connectivity index (χ1n) is 6.05. The maximum absolute atomic E-state index is 11.8. The number of carbonyl (C=O) groups is 2. The fourth-order valence-electron chi connectivity index (χ4n) is 1.76. The Balaban J connectivity index is 1.71. The standard InChI is InChI=1S/C12H18N4O2/c1-16-7-9(13)6-10(16)12(18)15-5-4-14-11(17)8-2-3-8/h6-8H,2-5,13H2,1H3,(H,14,17)(H,15,18). The maximum atomic E-state index is 11.8. The number of nitrogens with two attached hydrogens (primary N) is 1. The van der Waals surface area contributed by atoms with Gasteiger partial charge in [0.05, 0.1) is 5.69 Å². The number of hydrogen-bond acceptors (Lipinski definition) is 3. The summed E-state index contributed by atoms with van der Waals surface area (Å²) in [6.45, 7) is 0.878. The first kappa shape index (κ1) is 12.5. The molecule has 1 heterocycles. The van der Waals surface area contributed by atoms with Crippen LogP contribution >= 0.6 is 0 Å². The van der Waals surface area contributed by atoms with E-state index in [2.05, 4.69) is 10.6 Å². The molecule has 2 amide bonds. The second-order valence-electron chi connectivity index (χ2n) is 4.59. The second-order valence-corrected chi connectivity index (χ2v) is 4.59. The number of aromatic nitrogens is 1. The van der Waals surface area contributed by atoms with Gasteiger partial charge < -0.3 is 20.9 Å². The largest absolute Gasteiger partial charge is 0.397 e. The molecule has 6 heteroatoms. The van der Waals surface area contributed by atoms with E-state index in [0.717, 1.165) is 12.8 Å². The molecule has 98 valence electrons.